The topological polar surface area (TPSA) is 84.3 Å². The van der Waals surface area contributed by atoms with E-state index in [0.717, 1.165) is 62.0 Å². The first-order valence-corrected chi connectivity index (χ1v) is 12.2. The fourth-order valence-corrected chi connectivity index (χ4v) is 7.52. The Kier molecular flexibility index (Phi) is 5.06. The Labute approximate surface area is 167 Å². The monoisotopic (exact) mass is 408 g/mol. The van der Waals surface area contributed by atoms with Gasteiger partial charge in [0, 0.05) is 36.4 Å². The van der Waals surface area contributed by atoms with Crippen molar-refractivity contribution < 1.29 is 13.2 Å². The van der Waals surface area contributed by atoms with Crippen molar-refractivity contribution in [3.63, 3.8) is 0 Å². The quantitative estimate of drug-likeness (QED) is 0.810. The normalized spacial score (nSPS) is 30.0. The smallest absolute Gasteiger partial charge is 0.228 e. The number of hydrogen-bond donors (Lipinski definition) is 1. The van der Waals surface area contributed by atoms with Gasteiger partial charge in [0.25, 0.3) is 0 Å². The van der Waals surface area contributed by atoms with Gasteiger partial charge in [-0.1, -0.05) is 12.8 Å². The summed E-state index contributed by atoms with van der Waals surface area (Å²) in [6.45, 7) is 7.34. The van der Waals surface area contributed by atoms with Gasteiger partial charge in [-0.25, -0.2) is 8.42 Å². The molecule has 2 atom stereocenters. The molecule has 1 aromatic rings. The van der Waals surface area contributed by atoms with Gasteiger partial charge in [0.1, 0.15) is 0 Å². The Morgan fingerprint density at radius 3 is 2.61 bits per heavy atom. The van der Waals surface area contributed by atoms with Crippen LogP contribution < -0.4 is 5.32 Å². The molecule has 2 heterocycles. The predicted octanol–water partition coefficient (Wildman–Crippen LogP) is 2.26. The Morgan fingerprint density at radius 1 is 1.21 bits per heavy atom. The Hall–Kier alpha value is -1.41. The van der Waals surface area contributed by atoms with E-state index in [4.69, 9.17) is 0 Å². The average molecular weight is 409 g/mol. The minimum Gasteiger partial charge on any atom is -0.351 e. The lowest BCUT2D eigenvalue weighted by atomic mass is 9.67. The van der Waals surface area contributed by atoms with Crippen molar-refractivity contribution in [2.24, 2.45) is 5.41 Å². The third-order valence-corrected chi connectivity index (χ3v) is 8.95. The first kappa shape index (κ1) is 19.9. The minimum absolute atomic E-state index is 0.0285. The van der Waals surface area contributed by atoms with Crippen LogP contribution in [0.4, 0.5) is 0 Å². The van der Waals surface area contributed by atoms with Gasteiger partial charge in [-0.05, 0) is 52.9 Å². The van der Waals surface area contributed by atoms with Gasteiger partial charge in [-0.3, -0.25) is 9.48 Å². The summed E-state index contributed by atoms with van der Waals surface area (Å²) in [5, 5.41) is 7.71. The molecule has 3 fully saturated rings. The number of amides is 1. The van der Waals surface area contributed by atoms with Crippen LogP contribution in [0.5, 0.6) is 0 Å². The van der Waals surface area contributed by atoms with Gasteiger partial charge in [0.2, 0.25) is 15.9 Å². The van der Waals surface area contributed by atoms with Crippen LogP contribution >= 0.6 is 0 Å². The van der Waals surface area contributed by atoms with E-state index in [2.05, 4.69) is 17.3 Å². The van der Waals surface area contributed by atoms with Crippen molar-refractivity contribution in [3.8, 4) is 0 Å². The highest BCUT2D eigenvalue weighted by atomic mass is 32.2. The minimum atomic E-state index is -3.24. The third kappa shape index (κ3) is 3.18. The van der Waals surface area contributed by atoms with Crippen LogP contribution in [0.25, 0.3) is 0 Å². The van der Waals surface area contributed by atoms with Gasteiger partial charge >= 0.3 is 0 Å². The Balaban J connectivity index is 1.57. The van der Waals surface area contributed by atoms with E-state index in [1.807, 2.05) is 18.5 Å². The zero-order chi connectivity index (χ0) is 20.1. The molecule has 0 bridgehead atoms. The summed E-state index contributed by atoms with van der Waals surface area (Å²) in [6, 6.07) is -0.0547. The highest BCUT2D eigenvalue weighted by Gasteiger charge is 2.58. The van der Waals surface area contributed by atoms with Crippen molar-refractivity contribution in [1.29, 1.82) is 0 Å². The van der Waals surface area contributed by atoms with Crippen molar-refractivity contribution in [1.82, 2.24) is 19.4 Å². The van der Waals surface area contributed by atoms with Crippen molar-refractivity contribution >= 4 is 15.9 Å². The highest BCUT2D eigenvalue weighted by molar-refractivity contribution is 7.89. The van der Waals surface area contributed by atoms with Crippen LogP contribution in [0.1, 0.15) is 68.8 Å². The zero-order valence-corrected chi connectivity index (χ0v) is 18.0. The number of nitrogens with one attached hydrogen (secondary N) is 1. The van der Waals surface area contributed by atoms with Gasteiger partial charge in [-0.2, -0.15) is 9.40 Å². The van der Waals surface area contributed by atoms with E-state index in [0.29, 0.717) is 13.0 Å². The predicted molar refractivity (Wildman–Crippen MR) is 107 cm³/mol. The number of sulfonamides is 1. The van der Waals surface area contributed by atoms with Crippen LogP contribution in [0.3, 0.4) is 0 Å². The first-order valence-electron chi connectivity index (χ1n) is 10.6. The maximum absolute atomic E-state index is 13.5. The van der Waals surface area contributed by atoms with Crippen LogP contribution in [0, 0.1) is 19.3 Å². The van der Waals surface area contributed by atoms with Crippen LogP contribution in [0.15, 0.2) is 0 Å². The number of hydrogen-bond acceptors (Lipinski definition) is 4. The number of nitrogens with zero attached hydrogens (tertiary/aromatic N) is 3. The number of rotatable bonds is 5. The van der Waals surface area contributed by atoms with Crippen LogP contribution in [-0.2, 0) is 27.9 Å². The second kappa shape index (κ2) is 7.13. The maximum atomic E-state index is 13.5. The molecule has 0 aromatic carbocycles. The summed E-state index contributed by atoms with van der Waals surface area (Å²) in [6.07, 6.45) is 5.89. The van der Waals surface area contributed by atoms with Crippen molar-refractivity contribution in [2.75, 3.05) is 5.75 Å². The summed E-state index contributed by atoms with van der Waals surface area (Å²) < 4.78 is 29.2. The Bertz CT molecular complexity index is 874. The first-order chi connectivity index (χ1) is 13.3. The zero-order valence-electron chi connectivity index (χ0n) is 17.2. The van der Waals surface area contributed by atoms with Gasteiger partial charge in [0.15, 0.2) is 0 Å². The molecule has 0 spiro atoms. The summed E-state index contributed by atoms with van der Waals surface area (Å²) in [5.74, 6) is 0.125. The number of fused-ring (bicyclic) bond motifs is 1. The van der Waals surface area contributed by atoms with Crippen molar-refractivity contribution in [2.45, 2.75) is 90.9 Å². The summed E-state index contributed by atoms with van der Waals surface area (Å²) in [7, 11) is -3.24. The van der Waals surface area contributed by atoms with E-state index < -0.39 is 15.4 Å². The van der Waals surface area contributed by atoms with Gasteiger partial charge < -0.3 is 5.32 Å². The number of aryl methyl sites for hydroxylation is 2. The second-order valence-corrected chi connectivity index (χ2v) is 10.7. The molecule has 0 unspecified atom stereocenters. The molecular formula is C20H32N4O3S. The molecule has 156 valence electrons. The molecule has 28 heavy (non-hydrogen) atoms. The molecule has 1 amide bonds. The van der Waals surface area contributed by atoms with E-state index >= 15 is 0 Å². The van der Waals surface area contributed by atoms with Gasteiger partial charge in [-0.15, -0.1) is 0 Å². The summed E-state index contributed by atoms with van der Waals surface area (Å²) in [5.41, 5.74) is 2.53. The Morgan fingerprint density at radius 2 is 1.96 bits per heavy atom. The highest BCUT2D eigenvalue weighted by Crippen LogP contribution is 2.50. The molecule has 1 aliphatic heterocycles. The van der Waals surface area contributed by atoms with E-state index in [-0.39, 0.29) is 23.7 Å². The lowest BCUT2D eigenvalue weighted by molar-refractivity contribution is -0.137. The fraction of sp³-hybridized carbons (Fsp3) is 0.800. The van der Waals surface area contributed by atoms with Crippen LogP contribution in [-0.4, -0.2) is 46.2 Å². The molecule has 8 heteroatoms. The van der Waals surface area contributed by atoms with Crippen molar-refractivity contribution in [3.05, 3.63) is 17.0 Å². The average Bonchev–Trinajstić information content (AvgIpc) is 3.45. The second-order valence-electron chi connectivity index (χ2n) is 8.69. The molecule has 7 nitrogen and oxygen atoms in total. The molecule has 2 aliphatic carbocycles. The molecule has 1 saturated heterocycles. The lowest BCUT2D eigenvalue weighted by Gasteiger charge is -2.51. The summed E-state index contributed by atoms with van der Waals surface area (Å²) in [4.78, 5) is 13.5. The summed E-state index contributed by atoms with van der Waals surface area (Å²) >= 11 is 0. The maximum Gasteiger partial charge on any atom is 0.228 e. The number of aromatic nitrogens is 2. The third-order valence-electron chi connectivity index (χ3n) is 7.04. The molecule has 1 N–H and O–H groups in total. The number of carbonyl (C=O) groups is 1. The number of carbonyl (C=O) groups excluding carboxylic acids is 1. The fourth-order valence-electron chi connectivity index (χ4n) is 5.33. The van der Waals surface area contributed by atoms with Crippen LogP contribution in [0.2, 0.25) is 0 Å². The standard InChI is InChI=1S/C20H32N4O3S/c1-4-23-15(3)17(14(2)22-23)13-21-19(25)20-10-6-5-7-18(20)24(16-8-9-16)28(26,27)12-11-20/h16,18H,4-13H2,1-3H3,(H,21,25)/t18-,20-/m1/s1. The molecule has 3 aliphatic rings. The molecular weight excluding hydrogens is 376 g/mol. The van der Waals surface area contributed by atoms with E-state index in [1.165, 1.54) is 0 Å². The lowest BCUT2D eigenvalue weighted by Crippen LogP contribution is -2.63. The van der Waals surface area contributed by atoms with E-state index in [9.17, 15) is 13.2 Å². The SMILES string of the molecule is CCn1nc(C)c(CNC(=O)[C@@]23CCCC[C@H]2N(C2CC2)S(=O)(=O)CC3)c1C. The van der Waals surface area contributed by atoms with Gasteiger partial charge in [0.05, 0.1) is 16.9 Å². The van der Waals surface area contributed by atoms with E-state index in [1.54, 1.807) is 4.31 Å². The molecule has 4 rings (SSSR count). The molecule has 1 aromatic heterocycles. The largest absolute Gasteiger partial charge is 0.351 e. The molecule has 0 radical (unpaired) electrons. The molecule has 2 saturated carbocycles.